The molecule has 5 aromatic rings. The number of aromatic nitrogens is 5. The number of aliphatic hydroxyl groups is 1. The van der Waals surface area contributed by atoms with Crippen LogP contribution in [-0.2, 0) is 28.2 Å². The minimum absolute atomic E-state index is 0.182. The number of hydrogen-bond acceptors (Lipinski definition) is 11. The Kier molecular flexibility index (Phi) is 10.5. The van der Waals surface area contributed by atoms with Gasteiger partial charge in [-0.2, -0.15) is 4.98 Å². The summed E-state index contributed by atoms with van der Waals surface area (Å²) in [7, 11) is 0. The third kappa shape index (κ3) is 7.62. The lowest BCUT2D eigenvalue weighted by atomic mass is 9.90. The van der Waals surface area contributed by atoms with E-state index in [0.717, 1.165) is 81.9 Å². The van der Waals surface area contributed by atoms with Crippen LogP contribution in [0.4, 0.5) is 23.0 Å². The monoisotopic (exact) mass is 796 g/mol. The molecule has 3 aromatic heterocycles. The van der Waals surface area contributed by atoms with E-state index in [1.165, 1.54) is 11.4 Å². The molecule has 9 rings (SSSR count). The van der Waals surface area contributed by atoms with Crippen LogP contribution in [0.25, 0.3) is 16.9 Å². The van der Waals surface area contributed by atoms with E-state index < -0.39 is 5.60 Å². The lowest BCUT2D eigenvalue weighted by Crippen LogP contribution is -2.49. The minimum atomic E-state index is -0.987. The number of fused-ring (bicyclic) bond motifs is 2. The van der Waals surface area contributed by atoms with Crippen molar-refractivity contribution >= 4 is 45.9 Å². The largest absolute Gasteiger partial charge is 0.384 e. The number of rotatable bonds is 11. The molecule has 1 unspecified atom stereocenters. The second kappa shape index (κ2) is 16.1. The zero-order valence-electron chi connectivity index (χ0n) is 33.6. The van der Waals surface area contributed by atoms with Crippen LogP contribution < -0.4 is 26.0 Å². The van der Waals surface area contributed by atoms with Crippen LogP contribution in [-0.4, -0.2) is 91.9 Å². The molecule has 3 N–H and O–H groups in total. The number of imide groups is 1. The number of nitrogens with one attached hydrogen (secondary N) is 2. The molecule has 306 valence electrons. The molecule has 4 aliphatic rings. The first kappa shape index (κ1) is 38.6. The summed E-state index contributed by atoms with van der Waals surface area (Å²) in [5, 5.41) is 17.4. The van der Waals surface area contributed by atoms with E-state index in [0.29, 0.717) is 60.1 Å². The summed E-state index contributed by atoms with van der Waals surface area (Å²) < 4.78 is 3.26. The summed E-state index contributed by atoms with van der Waals surface area (Å²) in [5.74, 6) is 0.927. The first-order valence-electron chi connectivity index (χ1n) is 21.1. The average Bonchev–Trinajstić information content (AvgIpc) is 3.74. The van der Waals surface area contributed by atoms with Crippen molar-refractivity contribution in [2.75, 3.05) is 60.9 Å². The van der Waals surface area contributed by atoms with Crippen molar-refractivity contribution in [3.05, 3.63) is 107 Å². The molecule has 0 radical (unpaired) electrons. The summed E-state index contributed by atoms with van der Waals surface area (Å²) in [6.07, 6.45) is 8.45. The maximum absolute atomic E-state index is 13.5. The summed E-state index contributed by atoms with van der Waals surface area (Å²) in [5.41, 5.74) is 5.09. The van der Waals surface area contributed by atoms with Gasteiger partial charge in [0.1, 0.15) is 11.0 Å². The van der Waals surface area contributed by atoms with Gasteiger partial charge in [-0.05, 0) is 98.0 Å². The molecule has 2 aromatic carbocycles. The van der Waals surface area contributed by atoms with Crippen LogP contribution in [0.1, 0.15) is 68.2 Å². The number of allylic oxidation sites excluding steroid dienone is 1. The zero-order valence-corrected chi connectivity index (χ0v) is 33.6. The number of benzene rings is 2. The van der Waals surface area contributed by atoms with Gasteiger partial charge in [-0.15, -0.1) is 6.58 Å². The number of pyridine rings is 1. The number of piperazine rings is 1. The van der Waals surface area contributed by atoms with Crippen molar-refractivity contribution in [2.24, 2.45) is 5.92 Å². The normalized spacial score (nSPS) is 21.5. The van der Waals surface area contributed by atoms with Crippen molar-refractivity contribution in [3.63, 3.8) is 0 Å². The predicted octanol–water partition coefficient (Wildman–Crippen LogP) is 5.01. The molecule has 0 bridgehead atoms. The van der Waals surface area contributed by atoms with Gasteiger partial charge in [-0.25, -0.2) is 19.3 Å². The molecule has 14 nitrogen and oxygen atoms in total. The van der Waals surface area contributed by atoms with Gasteiger partial charge in [-0.1, -0.05) is 31.2 Å². The smallest absolute Gasteiger partial charge is 0.278 e. The molecule has 0 spiro atoms. The maximum atomic E-state index is 13.5. The van der Waals surface area contributed by atoms with E-state index >= 15 is 0 Å². The number of hydrogen-bond donors (Lipinski definition) is 3. The van der Waals surface area contributed by atoms with E-state index in [4.69, 9.17) is 9.97 Å². The van der Waals surface area contributed by atoms with Gasteiger partial charge in [0.05, 0.1) is 18.2 Å². The molecule has 1 aliphatic carbocycles. The Morgan fingerprint density at radius 3 is 2.29 bits per heavy atom. The summed E-state index contributed by atoms with van der Waals surface area (Å²) in [6, 6.07) is 20.5. The van der Waals surface area contributed by atoms with E-state index in [9.17, 15) is 19.5 Å². The van der Waals surface area contributed by atoms with Crippen molar-refractivity contribution in [3.8, 4) is 5.82 Å². The van der Waals surface area contributed by atoms with Gasteiger partial charge >= 0.3 is 0 Å². The van der Waals surface area contributed by atoms with Gasteiger partial charge < -0.3 is 20.2 Å². The molecular weight excluding hydrogens is 745 g/mol. The minimum Gasteiger partial charge on any atom is -0.384 e. The number of carbonyl (C=O) groups excluding carboxylic acids is 2. The molecule has 14 heteroatoms. The second-order valence-electron chi connectivity index (χ2n) is 16.5. The second-order valence-corrected chi connectivity index (χ2v) is 16.5. The predicted molar refractivity (Wildman–Crippen MR) is 229 cm³/mol. The van der Waals surface area contributed by atoms with Crippen molar-refractivity contribution in [2.45, 2.75) is 69.9 Å². The van der Waals surface area contributed by atoms with E-state index in [2.05, 4.69) is 61.2 Å². The number of aryl methyl sites for hydroxylation is 1. The standard InChI is InChI=1S/C45H52N10O4/c1-3-21-54-43(58)37-28-46-44(50-41(37)55(54)38-15-7-32-17-20-45(59,4-2)40(32)48-38)47-33-8-12-35(13-9-33)52-22-18-30(19-23-52)29-51-24-26-53(27-25-51)34-10-5-31(6-11-34)36-14-16-39(56)49-42(36)57/h3,5-13,15,28,30,36,59H,1,4,14,16-27,29H2,2H3,(H,46,47,50)(H,49,56,57)/t36?,45-/m1/s1. The third-order valence-corrected chi connectivity index (χ3v) is 12.9. The highest BCUT2D eigenvalue weighted by molar-refractivity contribution is 6.01. The number of piperidine rings is 2. The molecule has 6 heterocycles. The molecule has 3 aliphatic heterocycles. The SMILES string of the molecule is C=CCn1c(=O)c2cnc(Nc3ccc(N4CCC(CN5CCN(c6ccc(C7CCC(=O)NC7=O)cc6)CC5)CC4)cc3)nc2n1-c1ccc2c(n1)[C@@](O)(CC)CC2. The quantitative estimate of drug-likeness (QED) is 0.122. The molecule has 3 fully saturated rings. The first-order valence-corrected chi connectivity index (χ1v) is 21.1. The maximum Gasteiger partial charge on any atom is 0.278 e. The molecule has 2 atom stereocenters. The molecular formula is C45H52N10O4. The van der Waals surface area contributed by atoms with Crippen LogP contribution in [0, 0.1) is 5.92 Å². The van der Waals surface area contributed by atoms with Crippen molar-refractivity contribution < 1.29 is 14.7 Å². The van der Waals surface area contributed by atoms with Gasteiger partial charge in [0.25, 0.3) is 5.56 Å². The molecule has 59 heavy (non-hydrogen) atoms. The fourth-order valence-electron chi connectivity index (χ4n) is 9.35. The van der Waals surface area contributed by atoms with E-state index in [-0.39, 0.29) is 29.8 Å². The Hall–Kier alpha value is -5.86. The summed E-state index contributed by atoms with van der Waals surface area (Å²) in [6.45, 7) is 13.3. The van der Waals surface area contributed by atoms with Gasteiger partial charge in [0.2, 0.25) is 17.8 Å². The van der Waals surface area contributed by atoms with Crippen LogP contribution in [0.5, 0.6) is 0 Å². The van der Waals surface area contributed by atoms with Gasteiger partial charge in [0, 0.05) is 75.5 Å². The van der Waals surface area contributed by atoms with Crippen LogP contribution in [0.3, 0.4) is 0 Å². The molecule has 3 saturated heterocycles. The Morgan fingerprint density at radius 1 is 0.881 bits per heavy atom. The lowest BCUT2D eigenvalue weighted by Gasteiger charge is -2.40. The Balaban J connectivity index is 0.793. The highest BCUT2D eigenvalue weighted by Gasteiger charge is 2.37. The van der Waals surface area contributed by atoms with Gasteiger partial charge in [-0.3, -0.25) is 24.6 Å². The van der Waals surface area contributed by atoms with Crippen LogP contribution >= 0.6 is 0 Å². The molecule has 2 amide bonds. The molecule has 0 saturated carbocycles. The van der Waals surface area contributed by atoms with Crippen molar-refractivity contribution in [1.29, 1.82) is 0 Å². The number of anilines is 4. The highest BCUT2D eigenvalue weighted by atomic mass is 16.3. The number of carbonyl (C=O) groups is 2. The Bertz CT molecular complexity index is 2430. The Labute approximate surface area is 343 Å². The van der Waals surface area contributed by atoms with Gasteiger partial charge in [0.15, 0.2) is 11.5 Å². The number of amides is 2. The fraction of sp³-hybridized carbons (Fsp3) is 0.422. The number of nitrogens with zero attached hydrogens (tertiary/aromatic N) is 8. The van der Waals surface area contributed by atoms with E-state index in [1.807, 2.05) is 43.3 Å². The third-order valence-electron chi connectivity index (χ3n) is 12.9. The van der Waals surface area contributed by atoms with Crippen LogP contribution in [0.2, 0.25) is 0 Å². The summed E-state index contributed by atoms with van der Waals surface area (Å²) in [4.78, 5) is 59.1. The lowest BCUT2D eigenvalue weighted by molar-refractivity contribution is -0.134. The Morgan fingerprint density at radius 2 is 1.59 bits per heavy atom. The topological polar surface area (TPSA) is 154 Å². The van der Waals surface area contributed by atoms with Crippen LogP contribution in [0.15, 0.2) is 84.3 Å². The average molecular weight is 797 g/mol. The first-order chi connectivity index (χ1) is 28.7. The fourth-order valence-corrected chi connectivity index (χ4v) is 9.35. The highest BCUT2D eigenvalue weighted by Crippen LogP contribution is 2.38. The van der Waals surface area contributed by atoms with E-state index in [1.54, 1.807) is 21.6 Å². The summed E-state index contributed by atoms with van der Waals surface area (Å²) >= 11 is 0. The van der Waals surface area contributed by atoms with Crippen molar-refractivity contribution in [1.82, 2.24) is 34.5 Å². The zero-order chi connectivity index (χ0) is 40.7.